The van der Waals surface area contributed by atoms with Crippen molar-refractivity contribution < 1.29 is 19.1 Å². The third-order valence-corrected chi connectivity index (χ3v) is 2.52. The van der Waals surface area contributed by atoms with Crippen molar-refractivity contribution in [2.45, 2.75) is 19.3 Å². The summed E-state index contributed by atoms with van der Waals surface area (Å²) >= 11 is 0. The lowest BCUT2D eigenvalue weighted by molar-refractivity contribution is -0.141. The van der Waals surface area contributed by atoms with E-state index in [2.05, 4.69) is 19.5 Å². The van der Waals surface area contributed by atoms with Gasteiger partial charge in [0, 0.05) is 24.5 Å². The standard InChI is InChI=1S/C11H20N4O4/c1-18-10(16)4-8-15(7-3-6-13-14-12)9-5-11(17)19-2/h3-9H2,1-2H3. The lowest BCUT2D eigenvalue weighted by Gasteiger charge is -2.20. The maximum Gasteiger partial charge on any atom is 0.306 e. The number of rotatable bonds is 10. The Morgan fingerprint density at radius 2 is 1.63 bits per heavy atom. The Morgan fingerprint density at radius 3 is 2.05 bits per heavy atom. The first-order valence-corrected chi connectivity index (χ1v) is 6.01. The van der Waals surface area contributed by atoms with Gasteiger partial charge in [-0.25, -0.2) is 0 Å². The normalized spacial score (nSPS) is 9.84. The van der Waals surface area contributed by atoms with Crippen molar-refractivity contribution in [1.82, 2.24) is 4.90 Å². The van der Waals surface area contributed by atoms with E-state index in [0.29, 0.717) is 32.6 Å². The van der Waals surface area contributed by atoms with E-state index in [1.54, 1.807) is 0 Å². The van der Waals surface area contributed by atoms with Crippen LogP contribution in [0, 0.1) is 0 Å². The highest BCUT2D eigenvalue weighted by Gasteiger charge is 2.10. The second-order valence-electron chi connectivity index (χ2n) is 3.80. The van der Waals surface area contributed by atoms with Crippen LogP contribution in [0.4, 0.5) is 0 Å². The molecule has 0 aromatic heterocycles. The molecule has 0 atom stereocenters. The van der Waals surface area contributed by atoms with Crippen molar-refractivity contribution >= 4 is 11.9 Å². The number of nitrogens with zero attached hydrogens (tertiary/aromatic N) is 4. The Balaban J connectivity index is 4.08. The number of ether oxygens (including phenoxy) is 2. The van der Waals surface area contributed by atoms with E-state index in [9.17, 15) is 9.59 Å². The highest BCUT2D eigenvalue weighted by Crippen LogP contribution is 1.99. The van der Waals surface area contributed by atoms with Crippen molar-refractivity contribution in [1.29, 1.82) is 0 Å². The predicted octanol–water partition coefficient (Wildman–Crippen LogP) is 1.11. The minimum atomic E-state index is -0.293. The molecule has 0 aromatic rings. The van der Waals surface area contributed by atoms with E-state index < -0.39 is 0 Å². The zero-order valence-electron chi connectivity index (χ0n) is 11.4. The summed E-state index contributed by atoms with van der Waals surface area (Å²) in [4.78, 5) is 26.8. The van der Waals surface area contributed by atoms with Gasteiger partial charge in [-0.05, 0) is 18.5 Å². The Labute approximate surface area is 112 Å². The van der Waals surface area contributed by atoms with Crippen LogP contribution in [0.3, 0.4) is 0 Å². The average molecular weight is 272 g/mol. The molecule has 0 N–H and O–H groups in total. The maximum atomic E-state index is 11.1. The number of azide groups is 1. The zero-order valence-corrected chi connectivity index (χ0v) is 11.4. The van der Waals surface area contributed by atoms with Crippen molar-refractivity contribution in [2.24, 2.45) is 5.11 Å². The summed E-state index contributed by atoms with van der Waals surface area (Å²) in [5, 5.41) is 3.44. The summed E-state index contributed by atoms with van der Waals surface area (Å²) in [6, 6.07) is 0. The molecule has 0 saturated carbocycles. The predicted molar refractivity (Wildman–Crippen MR) is 68.3 cm³/mol. The molecule has 0 spiro atoms. The number of esters is 2. The van der Waals surface area contributed by atoms with Crippen LogP contribution in [0.1, 0.15) is 19.3 Å². The Hall–Kier alpha value is -1.79. The van der Waals surface area contributed by atoms with Gasteiger partial charge in [-0.15, -0.1) is 0 Å². The smallest absolute Gasteiger partial charge is 0.306 e. The maximum absolute atomic E-state index is 11.1. The van der Waals surface area contributed by atoms with Crippen LogP contribution in [-0.4, -0.2) is 57.2 Å². The number of carbonyl (C=O) groups is 2. The van der Waals surface area contributed by atoms with Gasteiger partial charge < -0.3 is 14.4 Å². The number of carbonyl (C=O) groups excluding carboxylic acids is 2. The Morgan fingerprint density at radius 1 is 1.11 bits per heavy atom. The molecule has 108 valence electrons. The third-order valence-electron chi connectivity index (χ3n) is 2.52. The molecule has 8 heteroatoms. The van der Waals surface area contributed by atoms with Gasteiger partial charge in [-0.1, -0.05) is 5.11 Å². The lowest BCUT2D eigenvalue weighted by Crippen LogP contribution is -2.30. The molecule has 0 aliphatic carbocycles. The zero-order chi connectivity index (χ0) is 14.5. The number of methoxy groups -OCH3 is 2. The molecule has 0 aliphatic rings. The lowest BCUT2D eigenvalue weighted by atomic mass is 10.3. The van der Waals surface area contributed by atoms with E-state index in [1.165, 1.54) is 14.2 Å². The van der Waals surface area contributed by atoms with Crippen LogP contribution in [0.2, 0.25) is 0 Å². The van der Waals surface area contributed by atoms with Crippen LogP contribution >= 0.6 is 0 Å². The van der Waals surface area contributed by atoms with E-state index >= 15 is 0 Å². The highest BCUT2D eigenvalue weighted by atomic mass is 16.5. The van der Waals surface area contributed by atoms with Gasteiger partial charge in [0.2, 0.25) is 0 Å². The molecule has 0 unspecified atom stereocenters. The quantitative estimate of drug-likeness (QED) is 0.195. The fourth-order valence-electron chi connectivity index (χ4n) is 1.45. The van der Waals surface area contributed by atoms with Gasteiger partial charge in [-0.2, -0.15) is 0 Å². The molecule has 0 bridgehead atoms. The monoisotopic (exact) mass is 272 g/mol. The van der Waals surface area contributed by atoms with Crippen LogP contribution in [0.25, 0.3) is 10.4 Å². The topological polar surface area (TPSA) is 105 Å². The second kappa shape index (κ2) is 11.3. The van der Waals surface area contributed by atoms with Gasteiger partial charge >= 0.3 is 11.9 Å². The van der Waals surface area contributed by atoms with Gasteiger partial charge in [0.15, 0.2) is 0 Å². The van der Waals surface area contributed by atoms with Gasteiger partial charge in [0.05, 0.1) is 27.1 Å². The second-order valence-corrected chi connectivity index (χ2v) is 3.80. The van der Waals surface area contributed by atoms with Crippen molar-refractivity contribution in [3.05, 3.63) is 10.4 Å². The van der Waals surface area contributed by atoms with Crippen LogP contribution in [0.15, 0.2) is 5.11 Å². The van der Waals surface area contributed by atoms with Gasteiger partial charge in [0.1, 0.15) is 0 Å². The van der Waals surface area contributed by atoms with Crippen LogP contribution < -0.4 is 0 Å². The molecule has 0 rings (SSSR count). The van der Waals surface area contributed by atoms with E-state index in [0.717, 1.165) is 0 Å². The van der Waals surface area contributed by atoms with E-state index in [-0.39, 0.29) is 24.8 Å². The molecule has 0 aromatic carbocycles. The molecule has 0 aliphatic heterocycles. The first-order chi connectivity index (χ1) is 9.13. The number of hydrogen-bond acceptors (Lipinski definition) is 6. The van der Waals surface area contributed by atoms with Crippen LogP contribution in [0.5, 0.6) is 0 Å². The molecule has 0 heterocycles. The molecular weight excluding hydrogens is 252 g/mol. The largest absolute Gasteiger partial charge is 0.469 e. The Bertz CT molecular complexity index is 309. The molecular formula is C11H20N4O4. The average Bonchev–Trinajstić information content (AvgIpc) is 2.44. The third kappa shape index (κ3) is 9.87. The first-order valence-electron chi connectivity index (χ1n) is 6.01. The summed E-state index contributed by atoms with van der Waals surface area (Å²) in [5.74, 6) is -0.587. The van der Waals surface area contributed by atoms with Gasteiger partial charge in [-0.3, -0.25) is 9.59 Å². The van der Waals surface area contributed by atoms with Crippen molar-refractivity contribution in [3.8, 4) is 0 Å². The van der Waals surface area contributed by atoms with E-state index in [1.807, 2.05) is 4.90 Å². The van der Waals surface area contributed by atoms with Crippen molar-refractivity contribution in [2.75, 3.05) is 40.4 Å². The summed E-state index contributed by atoms with van der Waals surface area (Å²) in [6.45, 7) is 2.04. The fraction of sp³-hybridized carbons (Fsp3) is 0.818. The van der Waals surface area contributed by atoms with Crippen molar-refractivity contribution in [3.63, 3.8) is 0 Å². The number of hydrogen-bond donors (Lipinski definition) is 0. The van der Waals surface area contributed by atoms with E-state index in [4.69, 9.17) is 5.53 Å². The summed E-state index contributed by atoms with van der Waals surface area (Å²) in [5.41, 5.74) is 8.17. The van der Waals surface area contributed by atoms with Crippen LogP contribution in [-0.2, 0) is 19.1 Å². The first kappa shape index (κ1) is 17.2. The highest BCUT2D eigenvalue weighted by molar-refractivity contribution is 5.70. The molecule has 0 saturated heterocycles. The fourth-order valence-corrected chi connectivity index (χ4v) is 1.45. The molecule has 19 heavy (non-hydrogen) atoms. The summed E-state index contributed by atoms with van der Waals surface area (Å²) < 4.78 is 9.13. The molecule has 0 fully saturated rings. The minimum absolute atomic E-state index is 0.263. The van der Waals surface area contributed by atoms with Gasteiger partial charge in [0.25, 0.3) is 0 Å². The SMILES string of the molecule is COC(=O)CCN(CCCN=[N+]=[N-])CCC(=O)OC. The molecule has 0 radical (unpaired) electrons. The minimum Gasteiger partial charge on any atom is -0.469 e. The molecule has 8 nitrogen and oxygen atoms in total. The Kier molecular flexibility index (Phi) is 10.2. The summed E-state index contributed by atoms with van der Waals surface area (Å²) in [7, 11) is 2.67. The molecule has 0 amide bonds. The summed E-state index contributed by atoms with van der Waals surface area (Å²) in [6.07, 6.45) is 1.20.